The van der Waals surface area contributed by atoms with Crippen LogP contribution in [0.15, 0.2) is 36.5 Å². The number of benzene rings is 1. The van der Waals surface area contributed by atoms with Gasteiger partial charge in [-0.15, -0.1) is 0 Å². The van der Waals surface area contributed by atoms with Gasteiger partial charge in [-0.05, 0) is 32.9 Å². The normalized spacial score (nSPS) is 26.7. The SMILES string of the molecule is CC(C)(C)NCCN(C(=O)c1cccc2cccnc12)C1OC(CO)C(O)C(O)C1O. The molecule has 0 spiro atoms. The number of ether oxygens (including phenoxy) is 1. The van der Waals surface area contributed by atoms with E-state index in [0.29, 0.717) is 17.6 Å². The maximum Gasteiger partial charge on any atom is 0.258 e. The summed E-state index contributed by atoms with van der Waals surface area (Å²) in [7, 11) is 0. The van der Waals surface area contributed by atoms with Gasteiger partial charge in [-0.2, -0.15) is 0 Å². The number of para-hydroxylation sites is 1. The Morgan fingerprint density at radius 2 is 1.84 bits per heavy atom. The molecule has 1 aliphatic heterocycles. The topological polar surface area (TPSA) is 135 Å². The molecule has 1 saturated heterocycles. The molecule has 1 amide bonds. The minimum absolute atomic E-state index is 0.155. The Kier molecular flexibility index (Phi) is 7.25. The molecule has 0 saturated carbocycles. The van der Waals surface area contributed by atoms with E-state index < -0.39 is 43.2 Å². The van der Waals surface area contributed by atoms with Crippen molar-refractivity contribution in [1.29, 1.82) is 0 Å². The average Bonchev–Trinajstić information content (AvgIpc) is 2.74. The number of amides is 1. The standard InChI is InChI=1S/C22H31N3O6/c1-22(2,3)24-10-11-25(21-19(29)18(28)17(27)15(12-26)31-21)20(30)14-8-4-6-13-7-5-9-23-16(13)14/h4-9,15,17-19,21,24,26-29H,10-12H2,1-3H3. The number of pyridine rings is 1. The average molecular weight is 434 g/mol. The van der Waals surface area contributed by atoms with E-state index >= 15 is 0 Å². The van der Waals surface area contributed by atoms with Crippen LogP contribution in [0.3, 0.4) is 0 Å². The van der Waals surface area contributed by atoms with Crippen molar-refractivity contribution >= 4 is 16.8 Å². The lowest BCUT2D eigenvalue weighted by molar-refractivity contribution is -0.257. The van der Waals surface area contributed by atoms with Gasteiger partial charge in [0.25, 0.3) is 5.91 Å². The highest BCUT2D eigenvalue weighted by atomic mass is 16.6. The molecule has 0 radical (unpaired) electrons. The summed E-state index contributed by atoms with van der Waals surface area (Å²) in [6, 6.07) is 8.86. The van der Waals surface area contributed by atoms with E-state index in [2.05, 4.69) is 10.3 Å². The maximum atomic E-state index is 13.6. The van der Waals surface area contributed by atoms with Crippen molar-refractivity contribution in [1.82, 2.24) is 15.2 Å². The second-order valence-electron chi connectivity index (χ2n) is 8.78. The highest BCUT2D eigenvalue weighted by Gasteiger charge is 2.47. The van der Waals surface area contributed by atoms with Gasteiger partial charge < -0.3 is 35.4 Å². The monoisotopic (exact) mass is 433 g/mol. The van der Waals surface area contributed by atoms with Crippen LogP contribution in [0, 0.1) is 0 Å². The fraction of sp³-hybridized carbons (Fsp3) is 0.545. The first kappa shape index (κ1) is 23.5. The summed E-state index contributed by atoms with van der Waals surface area (Å²) in [6.07, 6.45) is -5.41. The summed E-state index contributed by atoms with van der Waals surface area (Å²) in [5, 5.41) is 44.6. The van der Waals surface area contributed by atoms with Crippen molar-refractivity contribution in [3.8, 4) is 0 Å². The first-order chi connectivity index (χ1) is 14.6. The number of nitrogens with zero attached hydrogens (tertiary/aromatic N) is 2. The minimum atomic E-state index is -1.58. The molecule has 1 aromatic heterocycles. The molecule has 0 aliphatic carbocycles. The number of hydrogen-bond acceptors (Lipinski definition) is 8. The van der Waals surface area contributed by atoms with Gasteiger partial charge in [0, 0.05) is 30.2 Å². The first-order valence-electron chi connectivity index (χ1n) is 10.3. The Balaban J connectivity index is 1.96. The lowest BCUT2D eigenvalue weighted by Gasteiger charge is -2.44. The number of aromatic nitrogens is 1. The molecule has 1 fully saturated rings. The summed E-state index contributed by atoms with van der Waals surface area (Å²) >= 11 is 0. The number of carbonyl (C=O) groups is 1. The van der Waals surface area contributed by atoms with E-state index in [1.165, 1.54) is 4.90 Å². The van der Waals surface area contributed by atoms with Crippen LogP contribution in [0.2, 0.25) is 0 Å². The van der Waals surface area contributed by atoms with Crippen molar-refractivity contribution in [2.45, 2.75) is 57.0 Å². The van der Waals surface area contributed by atoms with Crippen LogP contribution in [-0.4, -0.2) is 92.1 Å². The minimum Gasteiger partial charge on any atom is -0.394 e. The van der Waals surface area contributed by atoms with Gasteiger partial charge in [0.2, 0.25) is 0 Å². The molecule has 9 heteroatoms. The summed E-state index contributed by atoms with van der Waals surface area (Å²) in [5.74, 6) is -0.440. The molecule has 170 valence electrons. The van der Waals surface area contributed by atoms with Crippen LogP contribution in [-0.2, 0) is 4.74 Å². The number of carbonyl (C=O) groups excluding carboxylic acids is 1. The van der Waals surface area contributed by atoms with Gasteiger partial charge >= 0.3 is 0 Å². The molecule has 2 heterocycles. The number of aliphatic hydroxyl groups is 4. The third kappa shape index (κ3) is 5.20. The van der Waals surface area contributed by atoms with E-state index in [9.17, 15) is 25.2 Å². The van der Waals surface area contributed by atoms with E-state index in [1.54, 1.807) is 24.4 Å². The predicted molar refractivity (Wildman–Crippen MR) is 114 cm³/mol. The number of fused-ring (bicyclic) bond motifs is 1. The molecule has 1 aromatic carbocycles. The number of nitrogens with one attached hydrogen (secondary N) is 1. The Labute approximate surface area is 181 Å². The molecule has 31 heavy (non-hydrogen) atoms. The number of aliphatic hydroxyl groups excluding tert-OH is 4. The molecule has 3 rings (SSSR count). The van der Waals surface area contributed by atoms with Crippen LogP contribution < -0.4 is 5.32 Å². The highest BCUT2D eigenvalue weighted by molar-refractivity contribution is 6.05. The van der Waals surface area contributed by atoms with E-state index in [-0.39, 0.29) is 12.1 Å². The Morgan fingerprint density at radius 3 is 2.52 bits per heavy atom. The molecule has 5 N–H and O–H groups in total. The molecular weight excluding hydrogens is 402 g/mol. The zero-order chi connectivity index (χ0) is 22.8. The largest absolute Gasteiger partial charge is 0.394 e. The zero-order valence-corrected chi connectivity index (χ0v) is 18.0. The van der Waals surface area contributed by atoms with Crippen molar-refractivity contribution in [2.24, 2.45) is 0 Å². The van der Waals surface area contributed by atoms with E-state index in [4.69, 9.17) is 4.74 Å². The second kappa shape index (κ2) is 9.56. The quantitative estimate of drug-likeness (QED) is 0.425. The molecule has 9 nitrogen and oxygen atoms in total. The summed E-state index contributed by atoms with van der Waals surface area (Å²) < 4.78 is 5.68. The van der Waals surface area contributed by atoms with Crippen LogP contribution in [0.1, 0.15) is 31.1 Å². The van der Waals surface area contributed by atoms with Gasteiger partial charge in [-0.1, -0.05) is 18.2 Å². The van der Waals surface area contributed by atoms with Crippen molar-refractivity contribution < 1.29 is 30.0 Å². The molecule has 1 aliphatic rings. The molecular formula is C22H31N3O6. The van der Waals surface area contributed by atoms with Crippen molar-refractivity contribution in [3.05, 3.63) is 42.1 Å². The van der Waals surface area contributed by atoms with Gasteiger partial charge in [0.15, 0.2) is 6.23 Å². The lowest BCUT2D eigenvalue weighted by atomic mass is 9.97. The van der Waals surface area contributed by atoms with Gasteiger partial charge in [-0.25, -0.2) is 0 Å². The molecule has 2 aromatic rings. The van der Waals surface area contributed by atoms with Gasteiger partial charge in [-0.3, -0.25) is 9.78 Å². The fourth-order valence-electron chi connectivity index (χ4n) is 3.67. The lowest BCUT2D eigenvalue weighted by Crippen LogP contribution is -2.64. The van der Waals surface area contributed by atoms with Gasteiger partial charge in [0.05, 0.1) is 17.7 Å². The van der Waals surface area contributed by atoms with Crippen molar-refractivity contribution in [3.63, 3.8) is 0 Å². The summed E-state index contributed by atoms with van der Waals surface area (Å²) in [6.45, 7) is 5.94. The third-order valence-corrected chi connectivity index (χ3v) is 5.31. The van der Waals surface area contributed by atoms with Crippen molar-refractivity contribution in [2.75, 3.05) is 19.7 Å². The molecule has 5 atom stereocenters. The summed E-state index contributed by atoms with van der Waals surface area (Å²) in [4.78, 5) is 19.2. The fourth-order valence-corrected chi connectivity index (χ4v) is 3.67. The highest BCUT2D eigenvalue weighted by Crippen LogP contribution is 2.26. The zero-order valence-electron chi connectivity index (χ0n) is 18.0. The summed E-state index contributed by atoms with van der Waals surface area (Å²) in [5.41, 5.74) is 0.629. The Hall–Kier alpha value is -2.14. The Morgan fingerprint density at radius 1 is 1.13 bits per heavy atom. The predicted octanol–water partition coefficient (Wildman–Crippen LogP) is -0.135. The van der Waals surface area contributed by atoms with E-state index in [1.807, 2.05) is 32.9 Å². The van der Waals surface area contributed by atoms with Crippen LogP contribution in [0.4, 0.5) is 0 Å². The molecule has 5 unspecified atom stereocenters. The smallest absolute Gasteiger partial charge is 0.258 e. The van der Waals surface area contributed by atoms with Crippen LogP contribution in [0.5, 0.6) is 0 Å². The van der Waals surface area contributed by atoms with E-state index in [0.717, 1.165) is 5.39 Å². The Bertz CT molecular complexity index is 895. The number of hydrogen-bond donors (Lipinski definition) is 5. The third-order valence-electron chi connectivity index (χ3n) is 5.31. The van der Waals surface area contributed by atoms with Crippen LogP contribution in [0.25, 0.3) is 10.9 Å². The number of rotatable bonds is 6. The maximum absolute atomic E-state index is 13.6. The first-order valence-corrected chi connectivity index (χ1v) is 10.3. The van der Waals surface area contributed by atoms with Crippen LogP contribution >= 0.6 is 0 Å². The second-order valence-corrected chi connectivity index (χ2v) is 8.78. The molecule has 0 bridgehead atoms. The van der Waals surface area contributed by atoms with Gasteiger partial charge in [0.1, 0.15) is 24.4 Å².